The van der Waals surface area contributed by atoms with E-state index in [1.54, 1.807) is 6.20 Å². The molecule has 0 saturated carbocycles. The minimum Gasteiger partial charge on any atom is -0.269 e. The molecule has 76 valence electrons. The highest BCUT2D eigenvalue weighted by molar-refractivity contribution is 5.01. The van der Waals surface area contributed by atoms with Crippen LogP contribution in [0.1, 0.15) is 19.5 Å². The largest absolute Gasteiger partial charge is 0.269 e. The van der Waals surface area contributed by atoms with Gasteiger partial charge in [0, 0.05) is 29.9 Å². The van der Waals surface area contributed by atoms with Crippen molar-refractivity contribution in [3.05, 3.63) is 28.4 Å². The van der Waals surface area contributed by atoms with Gasteiger partial charge in [-0.3, -0.25) is 4.68 Å². The number of rotatable bonds is 5. The van der Waals surface area contributed by atoms with Gasteiger partial charge in [-0.1, -0.05) is 19.0 Å². The molecule has 1 aromatic heterocycles. The minimum absolute atomic E-state index is 0.500. The Labute approximate surface area is 83.4 Å². The lowest BCUT2D eigenvalue weighted by Gasteiger charge is -2.08. The van der Waals surface area contributed by atoms with Crippen molar-refractivity contribution in [2.45, 2.75) is 26.8 Å². The SMILES string of the molecule is CC(C)Cn1nccc1CCN=[N+]=[N-]. The molecule has 1 aromatic rings. The standard InChI is InChI=1S/C9H15N5/c1-8(2)7-14-9(4-6-12-14)3-5-11-13-10/h4,6,8H,3,5,7H2,1-2H3. The van der Waals surface area contributed by atoms with Crippen LogP contribution in [0.4, 0.5) is 0 Å². The van der Waals surface area contributed by atoms with E-state index in [-0.39, 0.29) is 0 Å². The van der Waals surface area contributed by atoms with E-state index in [0.717, 1.165) is 18.7 Å². The number of nitrogens with zero attached hydrogens (tertiary/aromatic N) is 5. The number of hydrogen-bond donors (Lipinski definition) is 0. The number of hydrogen-bond acceptors (Lipinski definition) is 2. The van der Waals surface area contributed by atoms with Crippen LogP contribution >= 0.6 is 0 Å². The predicted molar refractivity (Wildman–Crippen MR) is 54.8 cm³/mol. The van der Waals surface area contributed by atoms with Crippen LogP contribution in [0.15, 0.2) is 17.4 Å². The first kappa shape index (κ1) is 10.6. The van der Waals surface area contributed by atoms with Crippen molar-refractivity contribution in [2.24, 2.45) is 11.0 Å². The Morgan fingerprint density at radius 1 is 1.64 bits per heavy atom. The van der Waals surface area contributed by atoms with Gasteiger partial charge in [0.2, 0.25) is 0 Å². The van der Waals surface area contributed by atoms with Crippen LogP contribution in [0.5, 0.6) is 0 Å². The third kappa shape index (κ3) is 3.11. The van der Waals surface area contributed by atoms with Crippen LogP contribution in [-0.2, 0) is 13.0 Å². The highest BCUT2D eigenvalue weighted by Gasteiger charge is 2.03. The quantitative estimate of drug-likeness (QED) is 0.402. The molecule has 0 aliphatic heterocycles. The summed E-state index contributed by atoms with van der Waals surface area (Å²) in [6, 6.07) is 1.97. The van der Waals surface area contributed by atoms with Crippen molar-refractivity contribution in [1.29, 1.82) is 0 Å². The summed E-state index contributed by atoms with van der Waals surface area (Å²) >= 11 is 0. The van der Waals surface area contributed by atoms with Crippen molar-refractivity contribution >= 4 is 0 Å². The minimum atomic E-state index is 0.500. The highest BCUT2D eigenvalue weighted by atomic mass is 15.3. The second-order valence-electron chi connectivity index (χ2n) is 3.60. The molecule has 5 heteroatoms. The summed E-state index contributed by atoms with van der Waals surface area (Å²) in [4.78, 5) is 2.72. The molecule has 0 bridgehead atoms. The fourth-order valence-corrected chi connectivity index (χ4v) is 1.29. The van der Waals surface area contributed by atoms with E-state index in [0.29, 0.717) is 12.5 Å². The molecule has 0 fully saturated rings. The van der Waals surface area contributed by atoms with Gasteiger partial charge in [0.05, 0.1) is 0 Å². The maximum Gasteiger partial charge on any atom is 0.0492 e. The van der Waals surface area contributed by atoms with Gasteiger partial charge in [-0.2, -0.15) is 5.10 Å². The van der Waals surface area contributed by atoms with E-state index in [1.165, 1.54) is 0 Å². The van der Waals surface area contributed by atoms with E-state index in [4.69, 9.17) is 5.53 Å². The van der Waals surface area contributed by atoms with Crippen LogP contribution in [0.2, 0.25) is 0 Å². The normalized spacial score (nSPS) is 10.2. The molecule has 0 aromatic carbocycles. The molecule has 5 nitrogen and oxygen atoms in total. The molecule has 0 radical (unpaired) electrons. The Morgan fingerprint density at radius 3 is 3.07 bits per heavy atom. The zero-order chi connectivity index (χ0) is 10.4. The molecule has 0 aliphatic carbocycles. The average Bonchev–Trinajstić information content (AvgIpc) is 2.52. The Kier molecular flexibility index (Phi) is 4.01. The molecule has 0 aliphatic rings. The van der Waals surface area contributed by atoms with Gasteiger partial charge < -0.3 is 0 Å². The van der Waals surface area contributed by atoms with Gasteiger partial charge in [-0.15, -0.1) is 0 Å². The van der Waals surface area contributed by atoms with Gasteiger partial charge in [0.25, 0.3) is 0 Å². The summed E-state index contributed by atoms with van der Waals surface area (Å²) in [6.45, 7) is 5.72. The molecule has 0 unspecified atom stereocenters. The first-order chi connectivity index (χ1) is 6.74. The molecular formula is C9H15N5. The van der Waals surface area contributed by atoms with Crippen molar-refractivity contribution < 1.29 is 0 Å². The van der Waals surface area contributed by atoms with Crippen LogP contribution in [0, 0.1) is 5.92 Å². The molecular weight excluding hydrogens is 178 g/mol. The van der Waals surface area contributed by atoms with Gasteiger partial charge in [-0.25, -0.2) is 0 Å². The lowest BCUT2D eigenvalue weighted by molar-refractivity contribution is 0.468. The monoisotopic (exact) mass is 193 g/mol. The van der Waals surface area contributed by atoms with E-state index in [9.17, 15) is 0 Å². The van der Waals surface area contributed by atoms with Crippen LogP contribution in [0.25, 0.3) is 10.4 Å². The second kappa shape index (κ2) is 5.29. The van der Waals surface area contributed by atoms with Gasteiger partial charge in [0.15, 0.2) is 0 Å². The Bertz CT molecular complexity index is 322. The molecule has 14 heavy (non-hydrogen) atoms. The van der Waals surface area contributed by atoms with Gasteiger partial charge >= 0.3 is 0 Å². The van der Waals surface area contributed by atoms with Gasteiger partial charge in [-0.05, 0) is 23.9 Å². The third-order valence-corrected chi connectivity index (χ3v) is 1.87. The van der Waals surface area contributed by atoms with E-state index in [1.807, 2.05) is 10.7 Å². The van der Waals surface area contributed by atoms with E-state index in [2.05, 4.69) is 29.0 Å². The maximum absolute atomic E-state index is 8.15. The predicted octanol–water partition coefficient (Wildman–Crippen LogP) is 2.39. The van der Waals surface area contributed by atoms with Crippen molar-refractivity contribution in [2.75, 3.05) is 6.54 Å². The highest BCUT2D eigenvalue weighted by Crippen LogP contribution is 2.04. The average molecular weight is 193 g/mol. The Morgan fingerprint density at radius 2 is 2.43 bits per heavy atom. The zero-order valence-corrected chi connectivity index (χ0v) is 8.59. The topological polar surface area (TPSA) is 66.6 Å². The molecule has 0 spiro atoms. The fourth-order valence-electron chi connectivity index (χ4n) is 1.29. The molecule has 0 saturated heterocycles. The number of azide groups is 1. The summed E-state index contributed by atoms with van der Waals surface area (Å²) in [7, 11) is 0. The summed E-state index contributed by atoms with van der Waals surface area (Å²) in [6.07, 6.45) is 2.55. The summed E-state index contributed by atoms with van der Waals surface area (Å²) in [5, 5.41) is 7.72. The van der Waals surface area contributed by atoms with E-state index < -0.39 is 0 Å². The smallest absolute Gasteiger partial charge is 0.0492 e. The lowest BCUT2D eigenvalue weighted by atomic mass is 10.2. The number of aromatic nitrogens is 2. The van der Waals surface area contributed by atoms with Gasteiger partial charge in [0.1, 0.15) is 0 Å². The summed E-state index contributed by atoms with van der Waals surface area (Å²) in [5.74, 6) is 0.577. The molecule has 0 N–H and O–H groups in total. The maximum atomic E-state index is 8.15. The molecule has 0 amide bonds. The summed E-state index contributed by atoms with van der Waals surface area (Å²) in [5.41, 5.74) is 9.28. The summed E-state index contributed by atoms with van der Waals surface area (Å²) < 4.78 is 1.97. The van der Waals surface area contributed by atoms with Crippen LogP contribution < -0.4 is 0 Å². The van der Waals surface area contributed by atoms with Crippen molar-refractivity contribution in [1.82, 2.24) is 9.78 Å². The molecule has 0 atom stereocenters. The molecule has 1 heterocycles. The lowest BCUT2D eigenvalue weighted by Crippen LogP contribution is -2.10. The zero-order valence-electron chi connectivity index (χ0n) is 8.59. The Hall–Kier alpha value is -1.48. The third-order valence-electron chi connectivity index (χ3n) is 1.87. The first-order valence-corrected chi connectivity index (χ1v) is 4.75. The second-order valence-corrected chi connectivity index (χ2v) is 3.60. The molecule has 1 rings (SSSR count). The fraction of sp³-hybridized carbons (Fsp3) is 0.667. The van der Waals surface area contributed by atoms with Crippen LogP contribution in [-0.4, -0.2) is 16.3 Å². The Balaban J connectivity index is 2.57. The van der Waals surface area contributed by atoms with Crippen molar-refractivity contribution in [3.8, 4) is 0 Å². The van der Waals surface area contributed by atoms with E-state index >= 15 is 0 Å². The van der Waals surface area contributed by atoms with Crippen molar-refractivity contribution in [3.63, 3.8) is 0 Å². The van der Waals surface area contributed by atoms with Crippen LogP contribution in [0.3, 0.4) is 0 Å². The first-order valence-electron chi connectivity index (χ1n) is 4.75.